The molecule has 2 aromatic rings. The Morgan fingerprint density at radius 2 is 2.11 bits per heavy atom. The highest BCUT2D eigenvalue weighted by molar-refractivity contribution is 6.00. The summed E-state index contributed by atoms with van der Waals surface area (Å²) in [4.78, 5) is 16.3. The minimum atomic E-state index is 0.0334. The van der Waals surface area contributed by atoms with E-state index in [2.05, 4.69) is 15.6 Å². The molecule has 0 atom stereocenters. The average molecular weight is 257 g/mol. The minimum Gasteiger partial charge on any atom is -0.324 e. The molecule has 0 aliphatic rings. The van der Waals surface area contributed by atoms with Crippen molar-refractivity contribution in [2.24, 2.45) is 0 Å². The third kappa shape index (κ3) is 3.51. The van der Waals surface area contributed by atoms with E-state index in [0.29, 0.717) is 6.42 Å². The second kappa shape index (κ2) is 6.29. The van der Waals surface area contributed by atoms with Crippen LogP contribution in [0.2, 0.25) is 0 Å². The summed E-state index contributed by atoms with van der Waals surface area (Å²) < 4.78 is 0. The maximum atomic E-state index is 11.8. The Hall–Kier alpha value is -1.94. The Kier molecular flexibility index (Phi) is 4.47. The first-order chi connectivity index (χ1) is 9.20. The van der Waals surface area contributed by atoms with Crippen molar-refractivity contribution in [3.63, 3.8) is 0 Å². The number of hydrogen-bond acceptors (Lipinski definition) is 3. The van der Waals surface area contributed by atoms with Crippen LogP contribution in [0.25, 0.3) is 10.9 Å². The van der Waals surface area contributed by atoms with Crippen LogP contribution in [0.3, 0.4) is 0 Å². The number of aryl methyl sites for hydroxylation is 1. The van der Waals surface area contributed by atoms with E-state index < -0.39 is 0 Å². The molecule has 0 unspecified atom stereocenters. The van der Waals surface area contributed by atoms with Gasteiger partial charge in [-0.2, -0.15) is 0 Å². The van der Waals surface area contributed by atoms with Crippen molar-refractivity contribution >= 4 is 22.5 Å². The van der Waals surface area contributed by atoms with Gasteiger partial charge in [0.1, 0.15) is 0 Å². The van der Waals surface area contributed by atoms with Crippen LogP contribution in [0.1, 0.15) is 18.5 Å². The maximum absolute atomic E-state index is 11.8. The summed E-state index contributed by atoms with van der Waals surface area (Å²) in [7, 11) is 1.88. The van der Waals surface area contributed by atoms with Crippen molar-refractivity contribution in [1.82, 2.24) is 10.3 Å². The molecule has 0 aliphatic carbocycles. The van der Waals surface area contributed by atoms with Crippen LogP contribution in [-0.2, 0) is 4.79 Å². The Bertz CT molecular complexity index is 581. The lowest BCUT2D eigenvalue weighted by Crippen LogP contribution is -2.15. The van der Waals surface area contributed by atoms with E-state index in [1.807, 2.05) is 44.3 Å². The van der Waals surface area contributed by atoms with Gasteiger partial charge in [0.25, 0.3) is 0 Å². The summed E-state index contributed by atoms with van der Waals surface area (Å²) in [6, 6.07) is 9.82. The molecule has 0 aliphatic heterocycles. The molecule has 2 rings (SSSR count). The number of pyridine rings is 1. The quantitative estimate of drug-likeness (QED) is 0.809. The zero-order chi connectivity index (χ0) is 13.7. The fourth-order valence-electron chi connectivity index (χ4n) is 1.98. The van der Waals surface area contributed by atoms with Crippen molar-refractivity contribution < 1.29 is 4.79 Å². The highest BCUT2D eigenvalue weighted by Crippen LogP contribution is 2.21. The summed E-state index contributed by atoms with van der Waals surface area (Å²) >= 11 is 0. The summed E-state index contributed by atoms with van der Waals surface area (Å²) in [5.74, 6) is 0.0334. The van der Waals surface area contributed by atoms with Crippen LogP contribution in [0.5, 0.6) is 0 Å². The normalized spacial score (nSPS) is 10.6. The van der Waals surface area contributed by atoms with Gasteiger partial charge in [-0.15, -0.1) is 0 Å². The van der Waals surface area contributed by atoms with Gasteiger partial charge in [-0.1, -0.05) is 18.2 Å². The van der Waals surface area contributed by atoms with Crippen molar-refractivity contribution in [2.75, 3.05) is 18.9 Å². The van der Waals surface area contributed by atoms with Gasteiger partial charge in [-0.05, 0) is 39.1 Å². The van der Waals surface area contributed by atoms with E-state index in [0.717, 1.165) is 35.2 Å². The molecule has 1 amide bonds. The van der Waals surface area contributed by atoms with Crippen LogP contribution < -0.4 is 10.6 Å². The van der Waals surface area contributed by atoms with E-state index in [-0.39, 0.29) is 5.91 Å². The second-order valence-electron chi connectivity index (χ2n) is 4.59. The number of benzene rings is 1. The number of aromatic nitrogens is 1. The van der Waals surface area contributed by atoms with Gasteiger partial charge in [0.15, 0.2) is 0 Å². The second-order valence-corrected chi connectivity index (χ2v) is 4.59. The van der Waals surface area contributed by atoms with E-state index >= 15 is 0 Å². The molecular formula is C15H19N3O. The zero-order valence-corrected chi connectivity index (χ0v) is 11.4. The first-order valence-electron chi connectivity index (χ1n) is 6.51. The minimum absolute atomic E-state index is 0.0334. The predicted molar refractivity (Wildman–Crippen MR) is 78.3 cm³/mol. The summed E-state index contributed by atoms with van der Waals surface area (Å²) in [6.45, 7) is 2.80. The Morgan fingerprint density at radius 1 is 1.26 bits per heavy atom. The van der Waals surface area contributed by atoms with Gasteiger partial charge in [0, 0.05) is 17.5 Å². The molecule has 19 heavy (non-hydrogen) atoms. The molecule has 0 saturated heterocycles. The van der Waals surface area contributed by atoms with Crippen LogP contribution in [0.4, 0.5) is 5.69 Å². The number of anilines is 1. The predicted octanol–water partition coefficient (Wildman–Crippen LogP) is 2.48. The van der Waals surface area contributed by atoms with Crippen molar-refractivity contribution in [1.29, 1.82) is 0 Å². The largest absolute Gasteiger partial charge is 0.324 e. The SMILES string of the molecule is CNCCCC(=O)Nc1cccc2ccc(C)nc12. The molecule has 2 N–H and O–H groups in total. The van der Waals surface area contributed by atoms with Crippen LogP contribution >= 0.6 is 0 Å². The number of amides is 1. The molecule has 0 bridgehead atoms. The Labute approximate surface area is 113 Å². The lowest BCUT2D eigenvalue weighted by Gasteiger charge is -2.08. The molecule has 4 heteroatoms. The van der Waals surface area contributed by atoms with E-state index in [1.165, 1.54) is 0 Å². The van der Waals surface area contributed by atoms with Crippen LogP contribution in [0.15, 0.2) is 30.3 Å². The average Bonchev–Trinajstić information content (AvgIpc) is 2.40. The third-order valence-corrected chi connectivity index (χ3v) is 2.96. The number of nitrogens with one attached hydrogen (secondary N) is 2. The zero-order valence-electron chi connectivity index (χ0n) is 11.4. The molecule has 0 radical (unpaired) electrons. The van der Waals surface area contributed by atoms with Crippen molar-refractivity contribution in [2.45, 2.75) is 19.8 Å². The number of carbonyl (C=O) groups excluding carboxylic acids is 1. The fourth-order valence-corrected chi connectivity index (χ4v) is 1.98. The molecule has 0 saturated carbocycles. The standard InChI is InChI=1S/C15H19N3O/c1-11-8-9-12-5-3-6-13(15(12)17-11)18-14(19)7-4-10-16-2/h3,5-6,8-9,16H,4,7,10H2,1-2H3,(H,18,19). The maximum Gasteiger partial charge on any atom is 0.224 e. The summed E-state index contributed by atoms with van der Waals surface area (Å²) in [5.41, 5.74) is 2.59. The first kappa shape index (κ1) is 13.5. The molecule has 0 spiro atoms. The number of para-hydroxylation sites is 1. The molecule has 100 valence electrons. The summed E-state index contributed by atoms with van der Waals surface area (Å²) in [6.07, 6.45) is 1.35. The molecule has 1 aromatic carbocycles. The van der Waals surface area contributed by atoms with Gasteiger partial charge < -0.3 is 10.6 Å². The molecule has 1 aromatic heterocycles. The third-order valence-electron chi connectivity index (χ3n) is 2.96. The Balaban J connectivity index is 2.16. The highest BCUT2D eigenvalue weighted by Gasteiger charge is 2.06. The summed E-state index contributed by atoms with van der Waals surface area (Å²) in [5, 5.41) is 7.01. The molecule has 0 fully saturated rings. The lowest BCUT2D eigenvalue weighted by molar-refractivity contribution is -0.116. The topological polar surface area (TPSA) is 54.0 Å². The van der Waals surface area contributed by atoms with Crippen molar-refractivity contribution in [3.05, 3.63) is 36.0 Å². The lowest BCUT2D eigenvalue weighted by atomic mass is 10.1. The number of carbonyl (C=O) groups is 1. The monoisotopic (exact) mass is 257 g/mol. The van der Waals surface area contributed by atoms with Crippen LogP contribution in [0, 0.1) is 6.92 Å². The Morgan fingerprint density at radius 3 is 2.89 bits per heavy atom. The highest BCUT2D eigenvalue weighted by atomic mass is 16.1. The van der Waals surface area contributed by atoms with Crippen LogP contribution in [-0.4, -0.2) is 24.5 Å². The molecular weight excluding hydrogens is 238 g/mol. The van der Waals surface area contributed by atoms with Gasteiger partial charge >= 0.3 is 0 Å². The first-order valence-corrected chi connectivity index (χ1v) is 6.51. The van der Waals surface area contributed by atoms with E-state index in [9.17, 15) is 4.79 Å². The van der Waals surface area contributed by atoms with E-state index in [1.54, 1.807) is 0 Å². The van der Waals surface area contributed by atoms with Crippen molar-refractivity contribution in [3.8, 4) is 0 Å². The molecule has 4 nitrogen and oxygen atoms in total. The number of rotatable bonds is 5. The van der Waals surface area contributed by atoms with E-state index in [4.69, 9.17) is 0 Å². The molecule has 1 heterocycles. The smallest absolute Gasteiger partial charge is 0.224 e. The van der Waals surface area contributed by atoms with Gasteiger partial charge in [-0.3, -0.25) is 9.78 Å². The van der Waals surface area contributed by atoms with Gasteiger partial charge in [-0.25, -0.2) is 0 Å². The van der Waals surface area contributed by atoms with Gasteiger partial charge in [0.05, 0.1) is 11.2 Å². The number of nitrogens with zero attached hydrogens (tertiary/aromatic N) is 1. The van der Waals surface area contributed by atoms with Gasteiger partial charge in [0.2, 0.25) is 5.91 Å². The fraction of sp³-hybridized carbons (Fsp3) is 0.333. The number of fused-ring (bicyclic) bond motifs is 1. The number of hydrogen-bond donors (Lipinski definition) is 2.